The summed E-state index contributed by atoms with van der Waals surface area (Å²) in [5, 5.41) is 15.1. The molecular formula is C45H49ClN6O7. The summed E-state index contributed by atoms with van der Waals surface area (Å²) in [5.41, 5.74) is 3.45. The Balaban J connectivity index is 0.863. The van der Waals surface area contributed by atoms with Crippen molar-refractivity contribution in [3.8, 4) is 11.8 Å². The van der Waals surface area contributed by atoms with E-state index in [1.165, 1.54) is 0 Å². The Hall–Kier alpha value is -5.29. The summed E-state index contributed by atoms with van der Waals surface area (Å²) in [6.07, 6.45) is 1.60. The Bertz CT molecular complexity index is 2230. The van der Waals surface area contributed by atoms with Gasteiger partial charge < -0.3 is 19.7 Å². The predicted molar refractivity (Wildman–Crippen MR) is 219 cm³/mol. The van der Waals surface area contributed by atoms with Crippen molar-refractivity contribution in [2.24, 2.45) is 10.8 Å². The third kappa shape index (κ3) is 7.15. The largest absolute Gasteiger partial charge is 0.489 e. The highest BCUT2D eigenvalue weighted by atomic mass is 35.5. The minimum atomic E-state index is -0.989. The second kappa shape index (κ2) is 15.1. The molecule has 1 unspecified atom stereocenters. The fourth-order valence-electron chi connectivity index (χ4n) is 10.4. The Kier molecular flexibility index (Phi) is 10.3. The van der Waals surface area contributed by atoms with Gasteiger partial charge in [-0.3, -0.25) is 39.1 Å². The summed E-state index contributed by atoms with van der Waals surface area (Å²) < 4.78 is 12.9. The zero-order valence-electron chi connectivity index (χ0n) is 34.0. The Morgan fingerprint density at radius 2 is 1.56 bits per heavy atom. The van der Waals surface area contributed by atoms with Gasteiger partial charge in [-0.15, -0.1) is 0 Å². The molecule has 4 aliphatic heterocycles. The van der Waals surface area contributed by atoms with Crippen LogP contribution in [0.1, 0.15) is 108 Å². The van der Waals surface area contributed by atoms with E-state index in [9.17, 15) is 29.2 Å². The van der Waals surface area contributed by atoms with Crippen LogP contribution >= 0.6 is 11.6 Å². The summed E-state index contributed by atoms with van der Waals surface area (Å²) in [5.74, 6) is -1.57. The second-order valence-electron chi connectivity index (χ2n) is 17.7. The van der Waals surface area contributed by atoms with Gasteiger partial charge in [0.25, 0.3) is 17.7 Å². The number of halogens is 1. The number of fused-ring (bicyclic) bond motifs is 2. The summed E-state index contributed by atoms with van der Waals surface area (Å²) >= 11 is 6.26. The van der Waals surface area contributed by atoms with E-state index in [2.05, 4.69) is 54.2 Å². The molecule has 59 heavy (non-hydrogen) atoms. The van der Waals surface area contributed by atoms with Crippen LogP contribution in [0.25, 0.3) is 0 Å². The molecular weight excluding hydrogens is 772 g/mol. The number of hydrogen-bond acceptors (Lipinski definition) is 10. The lowest BCUT2D eigenvalue weighted by Gasteiger charge is -2.63. The first-order chi connectivity index (χ1) is 28.0. The van der Waals surface area contributed by atoms with Crippen LogP contribution in [0.4, 0.5) is 5.69 Å². The van der Waals surface area contributed by atoms with E-state index in [1.54, 1.807) is 30.3 Å². The Morgan fingerprint density at radius 1 is 0.932 bits per heavy atom. The molecule has 13 nitrogen and oxygen atoms in total. The van der Waals surface area contributed by atoms with Gasteiger partial charge in [0.1, 0.15) is 24.0 Å². The molecule has 5 amide bonds. The fraction of sp³-hybridized carbons (Fsp3) is 0.467. The number of nitrogens with one attached hydrogen (secondary N) is 2. The molecule has 3 aromatic carbocycles. The lowest BCUT2D eigenvalue weighted by atomic mass is 9.49. The van der Waals surface area contributed by atoms with Gasteiger partial charge in [-0.2, -0.15) is 5.26 Å². The van der Waals surface area contributed by atoms with Crippen LogP contribution in [0.2, 0.25) is 5.02 Å². The molecule has 3 fully saturated rings. The number of ether oxygens (including phenoxy) is 2. The molecule has 0 radical (unpaired) electrons. The van der Waals surface area contributed by atoms with Crippen molar-refractivity contribution in [2.75, 3.05) is 31.1 Å². The van der Waals surface area contributed by atoms with Gasteiger partial charge >= 0.3 is 0 Å². The summed E-state index contributed by atoms with van der Waals surface area (Å²) in [6.45, 7) is 14.4. The number of nitriles is 1. The van der Waals surface area contributed by atoms with Crippen LogP contribution < -0.4 is 20.3 Å². The number of anilines is 1. The molecule has 308 valence electrons. The third-order valence-electron chi connectivity index (χ3n) is 13.1. The average Bonchev–Trinajstić information content (AvgIpc) is 3.70. The minimum Gasteiger partial charge on any atom is -0.489 e. The number of benzene rings is 3. The van der Waals surface area contributed by atoms with Crippen molar-refractivity contribution in [1.29, 1.82) is 5.26 Å². The molecule has 0 aromatic heterocycles. The van der Waals surface area contributed by atoms with E-state index in [4.69, 9.17) is 21.1 Å². The molecule has 2 saturated heterocycles. The highest BCUT2D eigenvalue weighted by Gasteiger charge is 2.64. The molecule has 2 N–H and O–H groups in total. The smallest absolute Gasteiger partial charge is 0.262 e. The number of hydrogen-bond donors (Lipinski definition) is 2. The highest BCUT2D eigenvalue weighted by Crippen LogP contribution is 2.55. The zero-order valence-corrected chi connectivity index (χ0v) is 34.8. The zero-order chi connectivity index (χ0) is 42.0. The van der Waals surface area contributed by atoms with Gasteiger partial charge in [-0.1, -0.05) is 39.3 Å². The molecule has 3 aromatic rings. The second-order valence-corrected chi connectivity index (χ2v) is 18.1. The van der Waals surface area contributed by atoms with E-state index in [1.807, 2.05) is 31.2 Å². The molecule has 5 aliphatic rings. The number of carbonyl (C=O) groups excluding carboxylic acids is 5. The minimum absolute atomic E-state index is 0.0802. The first-order valence-electron chi connectivity index (χ1n) is 20.3. The number of amides is 5. The quantitative estimate of drug-likeness (QED) is 0.246. The first kappa shape index (κ1) is 40.5. The standard InChI is InChI=1S/C45H49ClN6O7/c1-6-58-45(25-50-23-28-19-32-33(20-29(28)24-50)40(57)52(39(32)56)35-13-14-36(53)48-38(35)55)15-17-51(18-16-45)30-10-7-26(8-11-30)37(54)49-41-43(2,3)42(44(41,4)5)59-31-12-9-27(22-47)34(46)21-31/h7-12,19-21,35,41-42H,6,13-18,23-25H2,1-5H3,(H,49,54)(H,48,53,55)/t35?,41-,42-. The van der Waals surface area contributed by atoms with Crippen molar-refractivity contribution in [3.05, 3.63) is 93.0 Å². The van der Waals surface area contributed by atoms with Gasteiger partial charge in [0, 0.05) is 79.9 Å². The van der Waals surface area contributed by atoms with Crippen LogP contribution in [-0.4, -0.2) is 89.4 Å². The topological polar surface area (TPSA) is 161 Å². The maximum atomic E-state index is 13.6. The normalized spacial score (nSPS) is 24.2. The highest BCUT2D eigenvalue weighted by molar-refractivity contribution is 6.31. The van der Waals surface area contributed by atoms with Crippen LogP contribution in [0, 0.1) is 22.2 Å². The molecule has 1 atom stereocenters. The van der Waals surface area contributed by atoms with Crippen molar-refractivity contribution in [3.63, 3.8) is 0 Å². The van der Waals surface area contributed by atoms with Crippen LogP contribution in [0.15, 0.2) is 54.6 Å². The third-order valence-corrected chi connectivity index (χ3v) is 13.4. The van der Waals surface area contributed by atoms with Crippen LogP contribution in [0.5, 0.6) is 5.75 Å². The van der Waals surface area contributed by atoms with Gasteiger partial charge in [0.05, 0.1) is 27.3 Å². The summed E-state index contributed by atoms with van der Waals surface area (Å²) in [4.78, 5) is 70.3. The fourth-order valence-corrected chi connectivity index (χ4v) is 10.6. The number of rotatable bonds is 10. The van der Waals surface area contributed by atoms with E-state index in [-0.39, 0.29) is 47.3 Å². The maximum Gasteiger partial charge on any atom is 0.262 e. The number of imide groups is 2. The van der Waals surface area contributed by atoms with E-state index in [0.717, 1.165) is 47.6 Å². The molecule has 8 rings (SSSR count). The van der Waals surface area contributed by atoms with Gasteiger partial charge in [0.15, 0.2) is 0 Å². The molecule has 0 spiro atoms. The van der Waals surface area contributed by atoms with Crippen molar-refractivity contribution in [2.45, 2.75) is 97.2 Å². The number of piperidine rings is 2. The van der Waals surface area contributed by atoms with E-state index < -0.39 is 29.7 Å². The Labute approximate surface area is 348 Å². The Morgan fingerprint density at radius 3 is 2.12 bits per heavy atom. The summed E-state index contributed by atoms with van der Waals surface area (Å²) in [6, 6.07) is 17.3. The molecule has 0 bridgehead atoms. The molecule has 1 aliphatic carbocycles. The summed E-state index contributed by atoms with van der Waals surface area (Å²) in [7, 11) is 0. The van der Waals surface area contributed by atoms with Crippen molar-refractivity contribution < 1.29 is 33.4 Å². The van der Waals surface area contributed by atoms with Gasteiger partial charge in [0.2, 0.25) is 11.8 Å². The maximum absolute atomic E-state index is 13.6. The lowest BCUT2D eigenvalue weighted by molar-refractivity contribution is -0.164. The number of carbonyl (C=O) groups is 5. The molecule has 4 heterocycles. The molecule has 1 saturated carbocycles. The van der Waals surface area contributed by atoms with Gasteiger partial charge in [-0.05, 0) is 85.8 Å². The molecule has 14 heteroatoms. The number of nitrogens with zero attached hydrogens (tertiary/aromatic N) is 4. The lowest BCUT2D eigenvalue weighted by Crippen LogP contribution is -2.74. The van der Waals surface area contributed by atoms with Crippen molar-refractivity contribution >= 4 is 46.8 Å². The van der Waals surface area contributed by atoms with Gasteiger partial charge in [-0.25, -0.2) is 0 Å². The van der Waals surface area contributed by atoms with Crippen LogP contribution in [-0.2, 0) is 27.4 Å². The first-order valence-corrected chi connectivity index (χ1v) is 20.7. The SMILES string of the molecule is CCOC1(CN2Cc3cc4c(cc3C2)C(=O)N(C2CCC(=O)NC2=O)C4=O)CCN(c2ccc(C(=O)N[C@H]3C(C)(C)[C@H](Oc4ccc(C#N)c(Cl)c4)C3(C)C)cc2)CC1. The average molecular weight is 821 g/mol. The predicted octanol–water partition coefficient (Wildman–Crippen LogP) is 5.62. The van der Waals surface area contributed by atoms with Crippen molar-refractivity contribution in [1.82, 2.24) is 20.4 Å². The monoisotopic (exact) mass is 820 g/mol. The van der Waals surface area contributed by atoms with Crippen LogP contribution in [0.3, 0.4) is 0 Å². The van der Waals surface area contributed by atoms with E-state index >= 15 is 0 Å². The van der Waals surface area contributed by atoms with E-state index in [0.29, 0.717) is 59.3 Å².